The maximum atomic E-state index is 13.3. The number of hydrogen-bond donors (Lipinski definition) is 2. The molecular formula is C22H22Cl2N4O4S. The topological polar surface area (TPSA) is 104 Å². The van der Waals surface area contributed by atoms with Gasteiger partial charge in [0.05, 0.1) is 22.3 Å². The predicted octanol–water partition coefficient (Wildman–Crippen LogP) is 3.51. The summed E-state index contributed by atoms with van der Waals surface area (Å²) in [6, 6.07) is 11.6. The number of nitrogens with zero attached hydrogens (tertiary/aromatic N) is 2. The van der Waals surface area contributed by atoms with E-state index in [1.165, 1.54) is 16.4 Å². The van der Waals surface area contributed by atoms with Gasteiger partial charge in [0.15, 0.2) is 0 Å². The molecule has 4 rings (SSSR count). The van der Waals surface area contributed by atoms with Crippen LogP contribution >= 0.6 is 23.2 Å². The summed E-state index contributed by atoms with van der Waals surface area (Å²) in [6.07, 6.45) is 0.476. The molecule has 0 radical (unpaired) electrons. The number of carbonyl (C=O) groups excluding carboxylic acids is 1. The van der Waals surface area contributed by atoms with Gasteiger partial charge in [0, 0.05) is 55.5 Å². The van der Waals surface area contributed by atoms with Crippen LogP contribution in [0.4, 0.5) is 0 Å². The Morgan fingerprint density at radius 3 is 2.55 bits per heavy atom. The third-order valence-electron chi connectivity index (χ3n) is 5.43. The highest BCUT2D eigenvalue weighted by Crippen LogP contribution is 2.35. The highest BCUT2D eigenvalue weighted by Gasteiger charge is 2.34. The summed E-state index contributed by atoms with van der Waals surface area (Å²) in [6.45, 7) is 1.26. The number of benzene rings is 2. The van der Waals surface area contributed by atoms with Crippen LogP contribution < -0.4 is 5.32 Å². The van der Waals surface area contributed by atoms with Gasteiger partial charge in [0.1, 0.15) is 4.90 Å². The Bertz CT molecular complexity index is 1260. The second-order valence-electron chi connectivity index (χ2n) is 7.49. The Kier molecular flexibility index (Phi) is 7.06. The van der Waals surface area contributed by atoms with E-state index in [2.05, 4.69) is 15.5 Å². The number of amides is 1. The predicted molar refractivity (Wildman–Crippen MR) is 126 cm³/mol. The van der Waals surface area contributed by atoms with Crippen LogP contribution in [0.2, 0.25) is 10.0 Å². The summed E-state index contributed by atoms with van der Waals surface area (Å²) in [5.41, 5.74) is 3.59. The fourth-order valence-corrected chi connectivity index (χ4v) is 6.22. The number of carbonyl (C=O) groups is 1. The first kappa shape index (κ1) is 23.7. The minimum atomic E-state index is -3.91. The molecule has 0 saturated heterocycles. The van der Waals surface area contributed by atoms with Crippen molar-refractivity contribution in [3.63, 3.8) is 0 Å². The largest absolute Gasteiger partial charge is 0.383 e. The minimum Gasteiger partial charge on any atom is -0.383 e. The molecule has 0 aliphatic carbocycles. The number of sulfonamides is 1. The second-order valence-corrected chi connectivity index (χ2v) is 10.2. The van der Waals surface area contributed by atoms with Crippen molar-refractivity contribution in [3.8, 4) is 11.3 Å². The molecule has 2 N–H and O–H groups in total. The molecule has 1 aromatic heterocycles. The molecule has 1 aliphatic heterocycles. The number of aromatic nitrogens is 2. The van der Waals surface area contributed by atoms with E-state index >= 15 is 0 Å². The summed E-state index contributed by atoms with van der Waals surface area (Å²) in [5.74, 6) is -0.198. The number of aromatic amines is 1. The maximum Gasteiger partial charge on any atom is 0.251 e. The highest BCUT2D eigenvalue weighted by atomic mass is 35.5. The molecule has 1 amide bonds. The van der Waals surface area contributed by atoms with Crippen molar-refractivity contribution in [2.75, 3.05) is 26.8 Å². The van der Waals surface area contributed by atoms with E-state index in [4.69, 9.17) is 27.9 Å². The van der Waals surface area contributed by atoms with Crippen molar-refractivity contribution >= 4 is 39.1 Å². The number of hydrogen-bond acceptors (Lipinski definition) is 5. The van der Waals surface area contributed by atoms with Crippen molar-refractivity contribution in [1.29, 1.82) is 0 Å². The number of ether oxygens (including phenoxy) is 1. The number of fused-ring (bicyclic) bond motifs is 1. The summed E-state index contributed by atoms with van der Waals surface area (Å²) in [7, 11) is -2.34. The first-order valence-corrected chi connectivity index (χ1v) is 12.4. The maximum absolute atomic E-state index is 13.3. The fraction of sp³-hybridized carbons (Fsp3) is 0.273. The van der Waals surface area contributed by atoms with E-state index in [1.54, 1.807) is 37.4 Å². The molecule has 0 bridgehead atoms. The Morgan fingerprint density at radius 1 is 1.18 bits per heavy atom. The first-order valence-electron chi connectivity index (χ1n) is 10.2. The third kappa shape index (κ3) is 4.78. The van der Waals surface area contributed by atoms with Crippen molar-refractivity contribution in [1.82, 2.24) is 19.8 Å². The van der Waals surface area contributed by atoms with E-state index in [0.29, 0.717) is 30.8 Å². The van der Waals surface area contributed by atoms with E-state index < -0.39 is 10.0 Å². The van der Waals surface area contributed by atoms with Crippen molar-refractivity contribution < 1.29 is 17.9 Å². The molecule has 0 spiro atoms. The number of nitrogens with one attached hydrogen (secondary N) is 2. The minimum absolute atomic E-state index is 0.0834. The molecule has 174 valence electrons. The Morgan fingerprint density at radius 2 is 1.88 bits per heavy atom. The molecule has 0 saturated carbocycles. The van der Waals surface area contributed by atoms with Gasteiger partial charge in [0.25, 0.3) is 5.91 Å². The molecule has 33 heavy (non-hydrogen) atoms. The van der Waals surface area contributed by atoms with Crippen LogP contribution in [0.1, 0.15) is 21.6 Å². The van der Waals surface area contributed by atoms with Gasteiger partial charge in [0.2, 0.25) is 10.0 Å². The van der Waals surface area contributed by atoms with Crippen molar-refractivity contribution in [3.05, 3.63) is 69.3 Å². The number of H-pyrrole nitrogens is 1. The van der Waals surface area contributed by atoms with Crippen LogP contribution in [0.5, 0.6) is 0 Å². The number of rotatable bonds is 7. The molecule has 1 aliphatic rings. The lowest BCUT2D eigenvalue weighted by Gasteiger charge is -2.27. The van der Waals surface area contributed by atoms with Gasteiger partial charge in [-0.1, -0.05) is 41.4 Å². The van der Waals surface area contributed by atoms with Gasteiger partial charge in [-0.2, -0.15) is 9.40 Å². The van der Waals surface area contributed by atoms with Crippen LogP contribution in [0.25, 0.3) is 11.3 Å². The summed E-state index contributed by atoms with van der Waals surface area (Å²) >= 11 is 12.3. The van der Waals surface area contributed by atoms with Crippen LogP contribution in [0.15, 0.2) is 47.4 Å². The van der Waals surface area contributed by atoms with Gasteiger partial charge in [-0.05, 0) is 24.3 Å². The average molecular weight is 509 g/mol. The van der Waals surface area contributed by atoms with Crippen LogP contribution in [-0.2, 0) is 27.7 Å². The zero-order chi connectivity index (χ0) is 23.6. The normalized spacial score (nSPS) is 14.2. The van der Waals surface area contributed by atoms with Gasteiger partial charge in [-0.3, -0.25) is 9.89 Å². The average Bonchev–Trinajstić information content (AvgIpc) is 3.22. The molecule has 2 heterocycles. The van der Waals surface area contributed by atoms with Crippen LogP contribution in [-0.4, -0.2) is 55.6 Å². The van der Waals surface area contributed by atoms with Gasteiger partial charge in [-0.25, -0.2) is 8.42 Å². The highest BCUT2D eigenvalue weighted by molar-refractivity contribution is 7.89. The SMILES string of the molecule is COCCNC(=O)c1ccc(-c2n[nH]c3c2CN(S(=O)(=O)c2c(Cl)cccc2Cl)CC3)cc1. The molecule has 0 fully saturated rings. The quantitative estimate of drug-likeness (QED) is 0.475. The molecule has 8 nitrogen and oxygen atoms in total. The molecule has 0 unspecified atom stereocenters. The van der Waals surface area contributed by atoms with Gasteiger partial charge < -0.3 is 10.1 Å². The lowest BCUT2D eigenvalue weighted by Crippen LogP contribution is -2.36. The lowest BCUT2D eigenvalue weighted by molar-refractivity contribution is 0.0937. The van der Waals surface area contributed by atoms with Gasteiger partial charge >= 0.3 is 0 Å². The van der Waals surface area contributed by atoms with Gasteiger partial charge in [-0.15, -0.1) is 0 Å². The number of methoxy groups -OCH3 is 1. The van der Waals surface area contributed by atoms with Crippen molar-refractivity contribution in [2.45, 2.75) is 17.9 Å². The van der Waals surface area contributed by atoms with Crippen LogP contribution in [0.3, 0.4) is 0 Å². The lowest BCUT2D eigenvalue weighted by atomic mass is 10.0. The van der Waals surface area contributed by atoms with E-state index in [9.17, 15) is 13.2 Å². The Labute approximate surface area is 201 Å². The second kappa shape index (κ2) is 9.82. The molecule has 3 aromatic rings. The summed E-state index contributed by atoms with van der Waals surface area (Å²) < 4.78 is 32.9. The Hall–Kier alpha value is -2.43. The third-order valence-corrected chi connectivity index (χ3v) is 8.23. The molecule has 0 atom stereocenters. The molecular weight excluding hydrogens is 487 g/mol. The van der Waals surface area contributed by atoms with E-state index in [-0.39, 0.29) is 33.9 Å². The summed E-state index contributed by atoms with van der Waals surface area (Å²) in [5, 5.41) is 10.4. The monoisotopic (exact) mass is 508 g/mol. The zero-order valence-electron chi connectivity index (χ0n) is 17.8. The fourth-order valence-electron chi connectivity index (χ4n) is 3.72. The molecule has 2 aromatic carbocycles. The first-order chi connectivity index (χ1) is 15.8. The Balaban J connectivity index is 1.58. The summed E-state index contributed by atoms with van der Waals surface area (Å²) in [4.78, 5) is 12.1. The van der Waals surface area contributed by atoms with Crippen LogP contribution in [0, 0.1) is 0 Å². The molecule has 11 heteroatoms. The zero-order valence-corrected chi connectivity index (χ0v) is 20.1. The smallest absolute Gasteiger partial charge is 0.251 e. The van der Waals surface area contributed by atoms with Crippen molar-refractivity contribution in [2.24, 2.45) is 0 Å². The number of halogens is 2. The van der Waals surface area contributed by atoms with E-state index in [0.717, 1.165) is 16.8 Å². The van der Waals surface area contributed by atoms with E-state index in [1.807, 2.05) is 0 Å². The standard InChI is InChI=1S/C22H22Cl2N4O4S/c1-32-12-10-25-22(29)15-7-5-14(6-8-15)20-16-13-28(11-9-19(16)26-27-20)33(30,31)21-17(23)3-2-4-18(21)24/h2-8H,9-13H2,1H3,(H,25,29)(H,26,27).